The van der Waals surface area contributed by atoms with E-state index in [1.54, 1.807) is 0 Å². The second-order valence-corrected chi connectivity index (χ2v) is 6.76. The van der Waals surface area contributed by atoms with Crippen molar-refractivity contribution in [3.63, 3.8) is 0 Å². The Morgan fingerprint density at radius 1 is 1.43 bits per heavy atom. The van der Waals surface area contributed by atoms with E-state index >= 15 is 0 Å². The molecule has 0 spiro atoms. The Balaban J connectivity index is 1.46. The summed E-state index contributed by atoms with van der Waals surface area (Å²) in [5.41, 5.74) is 0. The van der Waals surface area contributed by atoms with Crippen LogP contribution in [0.4, 0.5) is 4.79 Å². The van der Waals surface area contributed by atoms with Crippen molar-refractivity contribution >= 4 is 23.8 Å². The third-order valence-electron chi connectivity index (χ3n) is 4.37. The number of carboxylic acids is 1. The number of urea groups is 1. The van der Waals surface area contributed by atoms with Crippen molar-refractivity contribution in [1.82, 2.24) is 15.1 Å². The molecule has 0 aromatic heterocycles. The van der Waals surface area contributed by atoms with Crippen LogP contribution >= 0.6 is 11.8 Å². The van der Waals surface area contributed by atoms with Crippen LogP contribution in [0.5, 0.6) is 0 Å². The topological polar surface area (TPSA) is 82.1 Å². The van der Waals surface area contributed by atoms with Crippen LogP contribution in [0.3, 0.4) is 0 Å². The number of carboxylic acid groups (broad SMARTS) is 1. The minimum Gasteiger partial charge on any atom is -0.480 e. The van der Waals surface area contributed by atoms with Gasteiger partial charge < -0.3 is 20.1 Å². The van der Waals surface area contributed by atoms with Gasteiger partial charge in [0.05, 0.1) is 18.6 Å². The normalized spacial score (nSPS) is 33.0. The van der Waals surface area contributed by atoms with Crippen LogP contribution in [0.1, 0.15) is 12.8 Å². The average Bonchev–Trinajstić information content (AvgIpc) is 3.12. The number of carbonyl (C=O) groups is 2. The number of rotatable bonds is 3. The molecule has 0 radical (unpaired) electrons. The van der Waals surface area contributed by atoms with Gasteiger partial charge in [0.25, 0.3) is 0 Å². The van der Waals surface area contributed by atoms with Crippen molar-refractivity contribution in [2.24, 2.45) is 0 Å². The van der Waals surface area contributed by atoms with Crippen molar-refractivity contribution in [1.29, 1.82) is 0 Å². The molecule has 7 nitrogen and oxygen atoms in total. The molecule has 3 heterocycles. The van der Waals surface area contributed by atoms with Crippen LogP contribution < -0.4 is 5.32 Å². The lowest BCUT2D eigenvalue weighted by Crippen LogP contribution is -2.53. The number of hydrogen-bond donors (Lipinski definition) is 2. The molecule has 21 heavy (non-hydrogen) atoms. The number of carbonyl (C=O) groups excluding carboxylic acids is 1. The smallest absolute Gasteiger partial charge is 0.327 e. The monoisotopic (exact) mass is 315 g/mol. The number of nitrogens with zero attached hydrogens (tertiary/aromatic N) is 2. The Bertz CT molecular complexity index is 422. The number of ether oxygens (including phenoxy) is 1. The number of amides is 2. The largest absolute Gasteiger partial charge is 0.480 e. The number of hydrogen-bond acceptors (Lipinski definition) is 5. The van der Waals surface area contributed by atoms with Gasteiger partial charge in [0.15, 0.2) is 0 Å². The number of nitrogens with one attached hydrogen (secondary N) is 1. The maximum absolute atomic E-state index is 12.1. The first-order valence-corrected chi connectivity index (χ1v) is 8.51. The molecule has 0 bridgehead atoms. The highest BCUT2D eigenvalue weighted by atomic mass is 32.2. The van der Waals surface area contributed by atoms with Crippen LogP contribution in [0.2, 0.25) is 0 Å². The first-order valence-electron chi connectivity index (χ1n) is 7.36. The van der Waals surface area contributed by atoms with Crippen LogP contribution in [0.15, 0.2) is 0 Å². The third kappa shape index (κ3) is 3.27. The summed E-state index contributed by atoms with van der Waals surface area (Å²) in [4.78, 5) is 27.0. The Kier molecular flexibility index (Phi) is 4.56. The van der Waals surface area contributed by atoms with E-state index < -0.39 is 12.0 Å². The van der Waals surface area contributed by atoms with Gasteiger partial charge in [0, 0.05) is 24.9 Å². The van der Waals surface area contributed by atoms with Crippen molar-refractivity contribution in [3.05, 3.63) is 0 Å². The first kappa shape index (κ1) is 14.9. The number of thioether (sulfide) groups is 1. The molecule has 0 aliphatic carbocycles. The fourth-order valence-electron chi connectivity index (χ4n) is 3.16. The summed E-state index contributed by atoms with van der Waals surface area (Å²) < 4.78 is 5.78. The van der Waals surface area contributed by atoms with E-state index in [9.17, 15) is 9.59 Å². The van der Waals surface area contributed by atoms with Crippen molar-refractivity contribution in [3.8, 4) is 0 Å². The Morgan fingerprint density at radius 3 is 3.10 bits per heavy atom. The molecule has 3 saturated heterocycles. The van der Waals surface area contributed by atoms with Crippen LogP contribution in [-0.4, -0.2) is 83.0 Å². The highest BCUT2D eigenvalue weighted by molar-refractivity contribution is 7.99. The molecule has 3 atom stereocenters. The zero-order valence-electron chi connectivity index (χ0n) is 11.9. The summed E-state index contributed by atoms with van der Waals surface area (Å²) in [5, 5.41) is 11.9. The maximum Gasteiger partial charge on any atom is 0.327 e. The summed E-state index contributed by atoms with van der Waals surface area (Å²) in [5.74, 6) is -0.0512. The fourth-order valence-corrected chi connectivity index (χ4v) is 4.30. The highest BCUT2D eigenvalue weighted by Gasteiger charge is 2.36. The number of aliphatic carboxylic acids is 1. The zero-order chi connectivity index (χ0) is 14.8. The molecule has 3 fully saturated rings. The van der Waals surface area contributed by atoms with Gasteiger partial charge in [-0.1, -0.05) is 0 Å². The standard InChI is InChI=1S/C13H21N3O4S/c17-12(18)11-7-21-8-16(11)13(19)14-4-10-5-15-3-1-2-9(15)6-20-10/h9-11H,1-8H2,(H,14,19)(H,17,18)/t9?,10?,11-/m0/s1. The minimum atomic E-state index is -0.941. The van der Waals surface area contributed by atoms with Crippen LogP contribution in [0.25, 0.3) is 0 Å². The fraction of sp³-hybridized carbons (Fsp3) is 0.846. The molecule has 118 valence electrons. The Labute approximate surface area is 128 Å². The summed E-state index contributed by atoms with van der Waals surface area (Å²) in [6.45, 7) is 3.14. The molecule has 2 amide bonds. The van der Waals surface area contributed by atoms with Gasteiger partial charge >= 0.3 is 12.0 Å². The van der Waals surface area contributed by atoms with Gasteiger partial charge in [-0.25, -0.2) is 9.59 Å². The predicted octanol–water partition coefficient (Wildman–Crippen LogP) is 0.0187. The van der Waals surface area contributed by atoms with E-state index in [0.29, 0.717) is 24.2 Å². The van der Waals surface area contributed by atoms with Crippen molar-refractivity contribution in [2.75, 3.05) is 37.9 Å². The summed E-state index contributed by atoms with van der Waals surface area (Å²) >= 11 is 1.47. The van der Waals surface area contributed by atoms with Crippen molar-refractivity contribution < 1.29 is 19.4 Å². The van der Waals surface area contributed by atoms with Gasteiger partial charge in [-0.3, -0.25) is 4.90 Å². The van der Waals surface area contributed by atoms with E-state index in [1.807, 2.05) is 0 Å². The summed E-state index contributed by atoms with van der Waals surface area (Å²) in [6.07, 6.45) is 2.42. The second kappa shape index (κ2) is 6.41. The Morgan fingerprint density at radius 2 is 2.29 bits per heavy atom. The van der Waals surface area contributed by atoms with E-state index in [4.69, 9.17) is 9.84 Å². The molecule has 2 unspecified atom stereocenters. The second-order valence-electron chi connectivity index (χ2n) is 5.76. The summed E-state index contributed by atoms with van der Waals surface area (Å²) in [6, 6.07) is -0.479. The highest BCUT2D eigenvalue weighted by Crippen LogP contribution is 2.23. The van der Waals surface area contributed by atoms with E-state index in [0.717, 1.165) is 19.7 Å². The first-order chi connectivity index (χ1) is 10.1. The molecule has 0 aromatic rings. The quantitative estimate of drug-likeness (QED) is 0.764. The average molecular weight is 315 g/mol. The molecule has 0 saturated carbocycles. The SMILES string of the molecule is O=C(O)[C@@H]1CSCN1C(=O)NCC1CN2CCCC2CO1. The van der Waals surface area contributed by atoms with E-state index in [1.165, 1.54) is 29.5 Å². The predicted molar refractivity (Wildman–Crippen MR) is 78.3 cm³/mol. The molecular formula is C13H21N3O4S. The van der Waals surface area contributed by atoms with Gasteiger partial charge in [-0.2, -0.15) is 0 Å². The van der Waals surface area contributed by atoms with Crippen LogP contribution in [-0.2, 0) is 9.53 Å². The van der Waals surface area contributed by atoms with Gasteiger partial charge in [-0.05, 0) is 19.4 Å². The van der Waals surface area contributed by atoms with E-state index in [-0.39, 0.29) is 12.1 Å². The third-order valence-corrected chi connectivity index (χ3v) is 5.38. The van der Waals surface area contributed by atoms with Gasteiger partial charge in [-0.15, -0.1) is 11.8 Å². The lowest BCUT2D eigenvalue weighted by Gasteiger charge is -2.35. The molecule has 8 heteroatoms. The molecule has 2 N–H and O–H groups in total. The van der Waals surface area contributed by atoms with Gasteiger partial charge in [0.2, 0.25) is 0 Å². The molecule has 3 rings (SSSR count). The molecule has 3 aliphatic heterocycles. The minimum absolute atomic E-state index is 0.00170. The molecule has 3 aliphatic rings. The lowest BCUT2D eigenvalue weighted by atomic mass is 10.2. The van der Waals surface area contributed by atoms with E-state index in [2.05, 4.69) is 10.2 Å². The zero-order valence-corrected chi connectivity index (χ0v) is 12.7. The van der Waals surface area contributed by atoms with Crippen LogP contribution in [0, 0.1) is 0 Å². The lowest BCUT2D eigenvalue weighted by molar-refractivity contribution is -0.140. The molecular weight excluding hydrogens is 294 g/mol. The number of fused-ring (bicyclic) bond motifs is 1. The maximum atomic E-state index is 12.1. The van der Waals surface area contributed by atoms with Crippen molar-refractivity contribution in [2.45, 2.75) is 31.0 Å². The number of morpholine rings is 1. The molecule has 0 aromatic carbocycles. The Hall–Kier alpha value is -0.990. The van der Waals surface area contributed by atoms with Gasteiger partial charge in [0.1, 0.15) is 6.04 Å². The summed E-state index contributed by atoms with van der Waals surface area (Å²) in [7, 11) is 0.